The summed E-state index contributed by atoms with van der Waals surface area (Å²) >= 11 is 0. The Kier molecular flexibility index (Phi) is 7.10. The molecule has 9 heteroatoms. The van der Waals surface area contributed by atoms with Crippen LogP contribution in [-0.4, -0.2) is 77.0 Å². The fourth-order valence-corrected chi connectivity index (χ4v) is 2.80. The van der Waals surface area contributed by atoms with Crippen molar-refractivity contribution in [2.45, 2.75) is 39.0 Å². The van der Waals surface area contributed by atoms with E-state index in [1.165, 1.54) is 11.8 Å². The van der Waals surface area contributed by atoms with Gasteiger partial charge in [0, 0.05) is 58.2 Å². The van der Waals surface area contributed by atoms with E-state index in [4.69, 9.17) is 0 Å². The second-order valence-corrected chi connectivity index (χ2v) is 6.10. The predicted octanol–water partition coefficient (Wildman–Crippen LogP) is 1.81. The minimum absolute atomic E-state index is 0.387. The number of aliphatic imine (C=N–C) groups is 1. The lowest BCUT2D eigenvalue weighted by molar-refractivity contribution is -0.181. The number of hydrogen-bond donors (Lipinski definition) is 1. The molecule has 1 atom stereocenters. The summed E-state index contributed by atoms with van der Waals surface area (Å²) in [5.41, 5.74) is 0. The summed E-state index contributed by atoms with van der Waals surface area (Å²) in [6.07, 6.45) is 0.347. The number of rotatable bonds is 6. The molecule has 0 aliphatic carbocycles. The third-order valence-corrected chi connectivity index (χ3v) is 4.34. The Morgan fingerprint density at radius 3 is 2.56 bits per heavy atom. The van der Waals surface area contributed by atoms with Crippen LogP contribution in [0.5, 0.6) is 0 Å². The first-order valence-electron chi connectivity index (χ1n) is 8.73. The monoisotopic (exact) mass is 360 g/mol. The van der Waals surface area contributed by atoms with Gasteiger partial charge in [-0.1, -0.05) is 0 Å². The quantitative estimate of drug-likeness (QED) is 0.478. The zero-order valence-electron chi connectivity index (χ0n) is 14.8. The molecule has 1 fully saturated rings. The fraction of sp³-hybridized carbons (Fsp3) is 0.750. The summed E-state index contributed by atoms with van der Waals surface area (Å²) in [6, 6.07) is 0.484. The van der Waals surface area contributed by atoms with Crippen LogP contribution in [-0.2, 0) is 6.54 Å². The average Bonchev–Trinajstić information content (AvgIpc) is 3.10. The molecule has 2 heterocycles. The lowest BCUT2D eigenvalue weighted by Crippen LogP contribution is -2.56. The van der Waals surface area contributed by atoms with Gasteiger partial charge in [0.05, 0.1) is 0 Å². The number of alkyl halides is 3. The molecule has 142 valence electrons. The number of hydrogen-bond acceptors (Lipinski definition) is 3. The molecule has 1 saturated heterocycles. The van der Waals surface area contributed by atoms with E-state index in [9.17, 15) is 13.2 Å². The van der Waals surface area contributed by atoms with Crippen molar-refractivity contribution in [1.29, 1.82) is 0 Å². The van der Waals surface area contributed by atoms with Gasteiger partial charge in [-0.25, -0.2) is 0 Å². The summed E-state index contributed by atoms with van der Waals surface area (Å²) in [5.74, 6) is 0.780. The van der Waals surface area contributed by atoms with Gasteiger partial charge in [-0.15, -0.1) is 0 Å². The number of nitrogens with zero attached hydrogens (tertiary/aromatic N) is 5. The minimum Gasteiger partial charge on any atom is -0.357 e. The number of guanidine groups is 1. The van der Waals surface area contributed by atoms with E-state index in [1.54, 1.807) is 6.20 Å². The maximum Gasteiger partial charge on any atom is 0.403 e. The van der Waals surface area contributed by atoms with E-state index in [0.717, 1.165) is 25.5 Å². The topological polar surface area (TPSA) is 48.7 Å². The van der Waals surface area contributed by atoms with Crippen LogP contribution < -0.4 is 5.32 Å². The molecular formula is C16H27F3N6. The van der Waals surface area contributed by atoms with Crippen LogP contribution in [0.25, 0.3) is 0 Å². The van der Waals surface area contributed by atoms with E-state index >= 15 is 0 Å². The molecule has 6 nitrogen and oxygen atoms in total. The number of piperazine rings is 1. The van der Waals surface area contributed by atoms with E-state index in [2.05, 4.69) is 15.4 Å². The molecule has 0 bridgehead atoms. The van der Waals surface area contributed by atoms with Gasteiger partial charge in [0.25, 0.3) is 0 Å². The van der Waals surface area contributed by atoms with Crippen molar-refractivity contribution in [3.8, 4) is 0 Å². The molecule has 0 amide bonds. The molecule has 0 saturated carbocycles. The lowest BCUT2D eigenvalue weighted by atomic mass is 10.2. The molecule has 1 aromatic heterocycles. The SMILES string of the molecule is CCNC(=NCCCn1cccn1)N1CCN(C(C)C(F)(F)F)CC1. The maximum atomic E-state index is 12.8. The predicted molar refractivity (Wildman–Crippen MR) is 91.5 cm³/mol. The van der Waals surface area contributed by atoms with Gasteiger partial charge in [0.1, 0.15) is 6.04 Å². The Labute approximate surface area is 146 Å². The van der Waals surface area contributed by atoms with Gasteiger partial charge in [-0.05, 0) is 26.3 Å². The normalized spacial score (nSPS) is 18.4. The fourth-order valence-electron chi connectivity index (χ4n) is 2.80. The number of aryl methyl sites for hydroxylation is 1. The van der Waals surface area contributed by atoms with Crippen LogP contribution >= 0.6 is 0 Å². The third kappa shape index (κ3) is 5.91. The Morgan fingerprint density at radius 2 is 2.00 bits per heavy atom. The van der Waals surface area contributed by atoms with Crippen molar-refractivity contribution in [2.24, 2.45) is 4.99 Å². The van der Waals surface area contributed by atoms with Crippen LogP contribution in [0.1, 0.15) is 20.3 Å². The molecule has 25 heavy (non-hydrogen) atoms. The van der Waals surface area contributed by atoms with Crippen molar-refractivity contribution in [3.63, 3.8) is 0 Å². The zero-order chi connectivity index (χ0) is 18.3. The van der Waals surface area contributed by atoms with Crippen molar-refractivity contribution in [3.05, 3.63) is 18.5 Å². The summed E-state index contributed by atoms with van der Waals surface area (Å²) in [4.78, 5) is 8.13. The van der Waals surface area contributed by atoms with E-state index in [1.807, 2.05) is 28.8 Å². The van der Waals surface area contributed by atoms with E-state index in [-0.39, 0.29) is 0 Å². The van der Waals surface area contributed by atoms with Crippen LogP contribution in [0.15, 0.2) is 23.5 Å². The summed E-state index contributed by atoms with van der Waals surface area (Å²) < 4.78 is 40.4. The summed E-state index contributed by atoms with van der Waals surface area (Å²) in [5, 5.41) is 7.38. The number of aromatic nitrogens is 2. The van der Waals surface area contributed by atoms with E-state index in [0.29, 0.717) is 32.7 Å². The molecule has 0 radical (unpaired) electrons. The maximum absolute atomic E-state index is 12.8. The highest BCUT2D eigenvalue weighted by molar-refractivity contribution is 5.80. The Bertz CT molecular complexity index is 520. The van der Waals surface area contributed by atoms with Crippen LogP contribution in [0.3, 0.4) is 0 Å². The van der Waals surface area contributed by atoms with Crippen LogP contribution in [0, 0.1) is 0 Å². The molecule has 1 unspecified atom stereocenters. The highest BCUT2D eigenvalue weighted by atomic mass is 19.4. The second-order valence-electron chi connectivity index (χ2n) is 6.10. The standard InChI is InChI=1S/C16H27F3N6/c1-3-20-15(21-6-4-8-25-9-5-7-22-25)24-12-10-23(11-13-24)14(2)16(17,18)19/h5,7,9,14H,3-4,6,8,10-13H2,1-2H3,(H,20,21). The van der Waals surface area contributed by atoms with Crippen molar-refractivity contribution < 1.29 is 13.2 Å². The Balaban J connectivity index is 1.82. The van der Waals surface area contributed by atoms with Gasteiger partial charge >= 0.3 is 6.18 Å². The van der Waals surface area contributed by atoms with Crippen LogP contribution in [0.2, 0.25) is 0 Å². The Hall–Kier alpha value is -1.77. The van der Waals surface area contributed by atoms with Gasteiger partial charge in [-0.2, -0.15) is 18.3 Å². The van der Waals surface area contributed by atoms with Crippen molar-refractivity contribution >= 4 is 5.96 Å². The summed E-state index contributed by atoms with van der Waals surface area (Å²) in [7, 11) is 0. The van der Waals surface area contributed by atoms with Crippen molar-refractivity contribution in [1.82, 2.24) is 24.9 Å². The average molecular weight is 360 g/mol. The second kappa shape index (κ2) is 9.07. The molecule has 0 aromatic carbocycles. The minimum atomic E-state index is -4.17. The summed E-state index contributed by atoms with van der Waals surface area (Å²) in [6.45, 7) is 7.27. The molecule has 1 aromatic rings. The number of nitrogens with one attached hydrogen (secondary N) is 1. The van der Waals surface area contributed by atoms with Crippen LogP contribution in [0.4, 0.5) is 13.2 Å². The molecule has 1 aliphatic rings. The van der Waals surface area contributed by atoms with Gasteiger partial charge < -0.3 is 10.2 Å². The first kappa shape index (κ1) is 19.6. The first-order chi connectivity index (χ1) is 11.9. The highest BCUT2D eigenvalue weighted by Gasteiger charge is 2.41. The zero-order valence-corrected chi connectivity index (χ0v) is 14.8. The number of halogens is 3. The lowest BCUT2D eigenvalue weighted by Gasteiger charge is -2.39. The molecule has 1 aliphatic heterocycles. The highest BCUT2D eigenvalue weighted by Crippen LogP contribution is 2.25. The van der Waals surface area contributed by atoms with Gasteiger partial charge in [-0.3, -0.25) is 14.6 Å². The smallest absolute Gasteiger partial charge is 0.357 e. The molecular weight excluding hydrogens is 333 g/mol. The van der Waals surface area contributed by atoms with Crippen molar-refractivity contribution in [2.75, 3.05) is 39.3 Å². The molecule has 2 rings (SSSR count). The first-order valence-corrected chi connectivity index (χ1v) is 8.73. The molecule has 1 N–H and O–H groups in total. The van der Waals surface area contributed by atoms with Gasteiger partial charge in [0.15, 0.2) is 5.96 Å². The largest absolute Gasteiger partial charge is 0.403 e. The molecule has 0 spiro atoms. The Morgan fingerprint density at radius 1 is 1.28 bits per heavy atom. The van der Waals surface area contributed by atoms with E-state index < -0.39 is 12.2 Å². The third-order valence-electron chi connectivity index (χ3n) is 4.34. The van der Waals surface area contributed by atoms with Gasteiger partial charge in [0.2, 0.25) is 0 Å².